The molecule has 2 N–H and O–H groups in total. The molecule has 4 nitrogen and oxygen atoms in total. The Morgan fingerprint density at radius 3 is 2.94 bits per heavy atom. The number of furan rings is 1. The third-order valence-corrected chi connectivity index (χ3v) is 2.35. The van der Waals surface area contributed by atoms with Crippen molar-refractivity contribution in [2.45, 2.75) is 13.0 Å². The van der Waals surface area contributed by atoms with E-state index in [9.17, 15) is 0 Å². The molecule has 0 aliphatic heterocycles. The minimum Gasteiger partial charge on any atom is -0.486 e. The maximum atomic E-state index is 8.65. The molecule has 86 valence electrons. The van der Waals surface area contributed by atoms with Crippen molar-refractivity contribution in [3.05, 3.63) is 47.9 Å². The summed E-state index contributed by atoms with van der Waals surface area (Å²) in [5.41, 5.74) is 7.13. The molecule has 0 fully saturated rings. The second-order valence-corrected chi connectivity index (χ2v) is 3.56. The summed E-state index contributed by atoms with van der Waals surface area (Å²) >= 11 is 0. The van der Waals surface area contributed by atoms with E-state index < -0.39 is 0 Å². The average molecular weight is 228 g/mol. The van der Waals surface area contributed by atoms with Gasteiger partial charge in [-0.1, -0.05) is 0 Å². The van der Waals surface area contributed by atoms with E-state index in [1.807, 2.05) is 12.1 Å². The van der Waals surface area contributed by atoms with Crippen molar-refractivity contribution in [2.75, 3.05) is 5.73 Å². The zero-order valence-electron chi connectivity index (χ0n) is 9.22. The zero-order valence-corrected chi connectivity index (χ0v) is 9.22. The molecular formula is C13H12N2O2. The van der Waals surface area contributed by atoms with Crippen LogP contribution in [0.3, 0.4) is 0 Å². The third-order valence-electron chi connectivity index (χ3n) is 2.35. The zero-order chi connectivity index (χ0) is 12.1. The largest absolute Gasteiger partial charge is 0.486 e. The van der Waals surface area contributed by atoms with Crippen LogP contribution < -0.4 is 10.5 Å². The SMILES string of the molecule is N#CCc1cc(OCc2ccco2)ccc1N. The van der Waals surface area contributed by atoms with E-state index in [2.05, 4.69) is 6.07 Å². The van der Waals surface area contributed by atoms with Crippen molar-refractivity contribution in [1.29, 1.82) is 5.26 Å². The van der Waals surface area contributed by atoms with E-state index in [0.717, 1.165) is 11.3 Å². The molecule has 0 aliphatic carbocycles. The Bertz CT molecular complexity index is 527. The minimum absolute atomic E-state index is 0.282. The fourth-order valence-corrected chi connectivity index (χ4v) is 1.46. The van der Waals surface area contributed by atoms with Crippen LogP contribution in [0.25, 0.3) is 0 Å². The highest BCUT2D eigenvalue weighted by atomic mass is 16.5. The van der Waals surface area contributed by atoms with Crippen molar-refractivity contribution in [3.8, 4) is 11.8 Å². The van der Waals surface area contributed by atoms with E-state index in [0.29, 0.717) is 18.0 Å². The Hall–Kier alpha value is -2.41. The van der Waals surface area contributed by atoms with Crippen LogP contribution in [0.2, 0.25) is 0 Å². The van der Waals surface area contributed by atoms with Crippen molar-refractivity contribution in [2.24, 2.45) is 0 Å². The van der Waals surface area contributed by atoms with Crippen LogP contribution in [0, 0.1) is 11.3 Å². The number of ether oxygens (including phenoxy) is 1. The smallest absolute Gasteiger partial charge is 0.146 e. The Morgan fingerprint density at radius 2 is 2.24 bits per heavy atom. The Morgan fingerprint density at radius 1 is 1.35 bits per heavy atom. The summed E-state index contributed by atoms with van der Waals surface area (Å²) in [6.45, 7) is 0.364. The molecule has 0 unspecified atom stereocenters. The number of benzene rings is 1. The summed E-state index contributed by atoms with van der Waals surface area (Å²) in [6, 6.07) is 11.0. The van der Waals surface area contributed by atoms with Crippen LogP contribution in [-0.4, -0.2) is 0 Å². The number of nitrogens with zero attached hydrogens (tertiary/aromatic N) is 1. The third kappa shape index (κ3) is 2.79. The lowest BCUT2D eigenvalue weighted by Gasteiger charge is -2.07. The molecule has 2 aromatic rings. The number of anilines is 1. The van der Waals surface area contributed by atoms with Crippen LogP contribution in [0.1, 0.15) is 11.3 Å². The molecule has 0 atom stereocenters. The molecule has 0 bridgehead atoms. The molecule has 0 amide bonds. The minimum atomic E-state index is 0.282. The molecule has 0 radical (unpaired) electrons. The van der Waals surface area contributed by atoms with Crippen LogP contribution in [0.5, 0.6) is 5.75 Å². The first-order chi connectivity index (χ1) is 8.29. The topological polar surface area (TPSA) is 72.2 Å². The average Bonchev–Trinajstić information content (AvgIpc) is 2.83. The van der Waals surface area contributed by atoms with E-state index in [1.54, 1.807) is 24.5 Å². The number of hydrogen-bond acceptors (Lipinski definition) is 4. The first-order valence-electron chi connectivity index (χ1n) is 5.20. The first kappa shape index (κ1) is 11.1. The molecule has 0 aliphatic rings. The number of rotatable bonds is 4. The summed E-state index contributed by atoms with van der Waals surface area (Å²) in [6.07, 6.45) is 1.88. The predicted octanol–water partition coefficient (Wildman–Crippen LogP) is 2.51. The summed E-state index contributed by atoms with van der Waals surface area (Å²) in [5.74, 6) is 1.43. The molecule has 1 aromatic carbocycles. The van der Waals surface area contributed by atoms with Crippen molar-refractivity contribution in [1.82, 2.24) is 0 Å². The van der Waals surface area contributed by atoms with Crippen LogP contribution in [0.4, 0.5) is 5.69 Å². The Labute approximate surface area is 99.2 Å². The Balaban J connectivity index is 2.06. The molecule has 0 saturated heterocycles. The maximum absolute atomic E-state index is 8.65. The van der Waals surface area contributed by atoms with Gasteiger partial charge in [0.2, 0.25) is 0 Å². The van der Waals surface area contributed by atoms with Gasteiger partial charge in [0, 0.05) is 5.69 Å². The lowest BCUT2D eigenvalue weighted by Crippen LogP contribution is -1.97. The van der Waals surface area contributed by atoms with Gasteiger partial charge in [-0.15, -0.1) is 0 Å². The summed E-state index contributed by atoms with van der Waals surface area (Å²) in [5, 5.41) is 8.65. The molecule has 0 saturated carbocycles. The van der Waals surface area contributed by atoms with Crippen LogP contribution >= 0.6 is 0 Å². The monoisotopic (exact) mass is 228 g/mol. The van der Waals surface area contributed by atoms with Gasteiger partial charge in [0.25, 0.3) is 0 Å². The molecule has 0 spiro atoms. The van der Waals surface area contributed by atoms with Gasteiger partial charge in [0.1, 0.15) is 18.1 Å². The van der Waals surface area contributed by atoms with Crippen LogP contribution in [0.15, 0.2) is 41.0 Å². The second-order valence-electron chi connectivity index (χ2n) is 3.56. The van der Waals surface area contributed by atoms with Crippen molar-refractivity contribution < 1.29 is 9.15 Å². The van der Waals surface area contributed by atoms with Crippen LogP contribution in [-0.2, 0) is 13.0 Å². The van der Waals surface area contributed by atoms with E-state index in [-0.39, 0.29) is 6.42 Å². The van der Waals surface area contributed by atoms with Crippen molar-refractivity contribution in [3.63, 3.8) is 0 Å². The molecule has 1 heterocycles. The maximum Gasteiger partial charge on any atom is 0.146 e. The number of nitrogen functional groups attached to an aromatic ring is 1. The number of nitriles is 1. The lowest BCUT2D eigenvalue weighted by atomic mass is 10.1. The van der Waals surface area contributed by atoms with Gasteiger partial charge in [-0.25, -0.2) is 0 Å². The highest BCUT2D eigenvalue weighted by Gasteiger charge is 2.03. The van der Waals surface area contributed by atoms with E-state index >= 15 is 0 Å². The lowest BCUT2D eigenvalue weighted by molar-refractivity contribution is 0.270. The number of hydrogen-bond donors (Lipinski definition) is 1. The molecular weight excluding hydrogens is 216 g/mol. The predicted molar refractivity (Wildman–Crippen MR) is 63.2 cm³/mol. The summed E-state index contributed by atoms with van der Waals surface area (Å²) in [7, 11) is 0. The fourth-order valence-electron chi connectivity index (χ4n) is 1.46. The van der Waals surface area contributed by atoms with Crippen molar-refractivity contribution >= 4 is 5.69 Å². The summed E-state index contributed by atoms with van der Waals surface area (Å²) in [4.78, 5) is 0. The molecule has 1 aromatic heterocycles. The van der Waals surface area contributed by atoms with Gasteiger partial charge < -0.3 is 14.9 Å². The summed E-state index contributed by atoms with van der Waals surface area (Å²) < 4.78 is 10.7. The van der Waals surface area contributed by atoms with Gasteiger partial charge in [-0.2, -0.15) is 5.26 Å². The molecule has 17 heavy (non-hydrogen) atoms. The van der Waals surface area contributed by atoms with Gasteiger partial charge >= 0.3 is 0 Å². The Kier molecular flexibility index (Phi) is 3.31. The molecule has 2 rings (SSSR count). The van der Waals surface area contributed by atoms with Gasteiger partial charge in [-0.3, -0.25) is 0 Å². The highest BCUT2D eigenvalue weighted by Crippen LogP contribution is 2.21. The first-order valence-corrected chi connectivity index (χ1v) is 5.20. The van der Waals surface area contributed by atoms with E-state index in [1.165, 1.54) is 0 Å². The van der Waals surface area contributed by atoms with Gasteiger partial charge in [0.05, 0.1) is 18.8 Å². The second kappa shape index (κ2) is 5.08. The number of nitrogens with two attached hydrogens (primary N) is 1. The fraction of sp³-hybridized carbons (Fsp3) is 0.154. The van der Waals surface area contributed by atoms with Gasteiger partial charge in [0.15, 0.2) is 0 Å². The quantitative estimate of drug-likeness (QED) is 0.816. The molecule has 4 heteroatoms. The normalized spacial score (nSPS) is 9.82. The van der Waals surface area contributed by atoms with Gasteiger partial charge in [-0.05, 0) is 35.9 Å². The van der Waals surface area contributed by atoms with E-state index in [4.69, 9.17) is 20.1 Å². The standard InChI is InChI=1S/C13H12N2O2/c14-6-5-10-8-11(3-4-13(10)15)17-9-12-2-1-7-16-12/h1-4,7-8H,5,9,15H2. The highest BCUT2D eigenvalue weighted by molar-refractivity contribution is 5.51.